The van der Waals surface area contributed by atoms with E-state index in [9.17, 15) is 13.2 Å². The third-order valence-corrected chi connectivity index (χ3v) is 1.69. The molecule has 1 aliphatic carbocycles. The molecule has 0 bridgehead atoms. The summed E-state index contributed by atoms with van der Waals surface area (Å²) in [5, 5.41) is 0. The van der Waals surface area contributed by atoms with E-state index in [2.05, 4.69) is 4.74 Å². The Hall–Kier alpha value is -0.930. The first-order valence-corrected chi connectivity index (χ1v) is 4.20. The maximum Gasteiger partial charge on any atom is 0.573 e. The molecular weight excluding hydrogens is 181 g/mol. The van der Waals surface area contributed by atoms with Gasteiger partial charge in [-0.3, -0.25) is 0 Å². The molecule has 1 nitrogen and oxygen atoms in total. The summed E-state index contributed by atoms with van der Waals surface area (Å²) < 4.78 is 39.1. The monoisotopic (exact) mass is 192 g/mol. The lowest BCUT2D eigenvalue weighted by Gasteiger charge is -2.10. The highest BCUT2D eigenvalue weighted by atomic mass is 19.4. The van der Waals surface area contributed by atoms with Crippen molar-refractivity contribution in [1.82, 2.24) is 0 Å². The van der Waals surface area contributed by atoms with Crippen LogP contribution in [0, 0.1) is 0 Å². The van der Waals surface area contributed by atoms with Crippen LogP contribution in [0.3, 0.4) is 0 Å². The molecule has 0 saturated heterocycles. The fourth-order valence-electron chi connectivity index (χ4n) is 1.13. The van der Waals surface area contributed by atoms with Crippen molar-refractivity contribution in [3.05, 3.63) is 24.0 Å². The number of hydrogen-bond acceptors (Lipinski definition) is 1. The Labute approximate surface area is 74.9 Å². The third-order valence-electron chi connectivity index (χ3n) is 1.69. The molecule has 13 heavy (non-hydrogen) atoms. The van der Waals surface area contributed by atoms with E-state index in [1.807, 2.05) is 0 Å². The smallest absolute Gasteiger partial charge is 0.406 e. The number of rotatable bonds is 1. The van der Waals surface area contributed by atoms with Crippen LogP contribution in [0.2, 0.25) is 0 Å². The predicted molar refractivity (Wildman–Crippen MR) is 42.8 cm³/mol. The van der Waals surface area contributed by atoms with Crippen molar-refractivity contribution >= 4 is 0 Å². The number of hydrogen-bond donors (Lipinski definition) is 0. The van der Waals surface area contributed by atoms with Gasteiger partial charge in [-0.05, 0) is 37.8 Å². The van der Waals surface area contributed by atoms with E-state index in [0.29, 0.717) is 6.42 Å². The third kappa shape index (κ3) is 4.60. The fraction of sp³-hybridized carbons (Fsp3) is 0.556. The average molecular weight is 192 g/mol. The highest BCUT2D eigenvalue weighted by molar-refractivity contribution is 5.13. The van der Waals surface area contributed by atoms with Crippen LogP contribution in [0.15, 0.2) is 24.0 Å². The van der Waals surface area contributed by atoms with Crippen molar-refractivity contribution < 1.29 is 17.9 Å². The summed E-state index contributed by atoms with van der Waals surface area (Å²) in [6.07, 6.45) is 3.39. The summed E-state index contributed by atoms with van der Waals surface area (Å²) in [6, 6.07) is 0. The molecule has 0 aromatic carbocycles. The van der Waals surface area contributed by atoms with Crippen LogP contribution in [0.1, 0.15) is 25.7 Å². The van der Waals surface area contributed by atoms with Gasteiger partial charge in [0.2, 0.25) is 0 Å². The zero-order chi connectivity index (χ0) is 9.73. The molecule has 0 unspecified atom stereocenters. The van der Waals surface area contributed by atoms with Gasteiger partial charge in [-0.15, -0.1) is 13.2 Å². The first kappa shape index (κ1) is 10.2. The Kier molecular flexibility index (Phi) is 3.39. The molecule has 0 spiro atoms. The summed E-state index contributed by atoms with van der Waals surface area (Å²) in [7, 11) is 0. The van der Waals surface area contributed by atoms with Crippen LogP contribution in [-0.2, 0) is 4.74 Å². The molecule has 0 N–H and O–H groups in total. The quantitative estimate of drug-likeness (QED) is 0.617. The van der Waals surface area contributed by atoms with E-state index in [0.717, 1.165) is 19.3 Å². The molecule has 0 fully saturated rings. The van der Waals surface area contributed by atoms with Gasteiger partial charge in [-0.1, -0.05) is 6.08 Å². The minimum Gasteiger partial charge on any atom is -0.406 e. The Bertz CT molecular complexity index is 215. The SMILES string of the molecule is FC(F)(F)OC1=C/CCCC/C=C\1. The van der Waals surface area contributed by atoms with Gasteiger partial charge in [-0.25, -0.2) is 0 Å². The van der Waals surface area contributed by atoms with Crippen LogP contribution in [0.5, 0.6) is 0 Å². The molecule has 0 aromatic rings. The summed E-state index contributed by atoms with van der Waals surface area (Å²) in [5.41, 5.74) is 0. The molecule has 1 rings (SSSR count). The van der Waals surface area contributed by atoms with Crippen LogP contribution >= 0.6 is 0 Å². The Morgan fingerprint density at radius 2 is 1.85 bits per heavy atom. The molecule has 0 saturated carbocycles. The van der Waals surface area contributed by atoms with E-state index in [4.69, 9.17) is 0 Å². The van der Waals surface area contributed by atoms with Gasteiger partial charge < -0.3 is 4.74 Å². The predicted octanol–water partition coefficient (Wildman–Crippen LogP) is 3.54. The maximum absolute atomic E-state index is 11.8. The highest BCUT2D eigenvalue weighted by Gasteiger charge is 2.31. The number of alkyl halides is 3. The summed E-state index contributed by atoms with van der Waals surface area (Å²) in [6.45, 7) is 0. The van der Waals surface area contributed by atoms with E-state index in [1.54, 1.807) is 6.08 Å². The van der Waals surface area contributed by atoms with Crippen molar-refractivity contribution in [1.29, 1.82) is 0 Å². The lowest BCUT2D eigenvalue weighted by atomic mass is 10.1. The van der Waals surface area contributed by atoms with Gasteiger partial charge in [-0.2, -0.15) is 0 Å². The second-order valence-corrected chi connectivity index (χ2v) is 2.84. The minimum absolute atomic E-state index is 0.0906. The van der Waals surface area contributed by atoms with Crippen molar-refractivity contribution in [2.24, 2.45) is 0 Å². The van der Waals surface area contributed by atoms with E-state index >= 15 is 0 Å². The lowest BCUT2D eigenvalue weighted by Crippen LogP contribution is -2.12. The second kappa shape index (κ2) is 4.35. The van der Waals surface area contributed by atoms with Crippen molar-refractivity contribution in [3.63, 3.8) is 0 Å². The van der Waals surface area contributed by atoms with Crippen molar-refractivity contribution in [2.75, 3.05) is 0 Å². The van der Waals surface area contributed by atoms with Gasteiger partial charge >= 0.3 is 6.36 Å². The standard InChI is InChI=1S/C9H11F3O/c10-9(11,12)13-8-6-4-2-1-3-5-7-8/h4,6-7H,1-3,5H2/b6-4-,8-7+. The fourth-order valence-corrected chi connectivity index (χ4v) is 1.13. The van der Waals surface area contributed by atoms with Gasteiger partial charge in [0.25, 0.3) is 0 Å². The summed E-state index contributed by atoms with van der Waals surface area (Å²) >= 11 is 0. The van der Waals surface area contributed by atoms with Crippen LogP contribution < -0.4 is 0 Å². The molecule has 0 aromatic heterocycles. The first-order chi connectivity index (χ1) is 6.08. The lowest BCUT2D eigenvalue weighted by molar-refractivity contribution is -0.303. The van der Waals surface area contributed by atoms with Crippen LogP contribution in [0.4, 0.5) is 13.2 Å². The normalized spacial score (nSPS) is 25.3. The van der Waals surface area contributed by atoms with Crippen molar-refractivity contribution in [3.8, 4) is 0 Å². The van der Waals surface area contributed by atoms with E-state index < -0.39 is 6.36 Å². The zero-order valence-electron chi connectivity index (χ0n) is 7.10. The Balaban J connectivity index is 2.55. The Morgan fingerprint density at radius 1 is 1.15 bits per heavy atom. The molecule has 0 radical (unpaired) electrons. The molecular formula is C9H11F3O. The van der Waals surface area contributed by atoms with Gasteiger partial charge in [0.05, 0.1) is 0 Å². The van der Waals surface area contributed by atoms with E-state index in [1.165, 1.54) is 12.2 Å². The van der Waals surface area contributed by atoms with Crippen molar-refractivity contribution in [2.45, 2.75) is 32.0 Å². The first-order valence-electron chi connectivity index (χ1n) is 4.20. The molecule has 0 amide bonds. The zero-order valence-corrected chi connectivity index (χ0v) is 7.10. The number of allylic oxidation sites excluding steroid dienone is 3. The minimum atomic E-state index is -4.57. The van der Waals surface area contributed by atoms with Gasteiger partial charge in [0.1, 0.15) is 5.76 Å². The summed E-state index contributed by atoms with van der Waals surface area (Å²) in [5.74, 6) is -0.0906. The average Bonchev–Trinajstić information content (AvgIpc) is 1.92. The highest BCUT2D eigenvalue weighted by Crippen LogP contribution is 2.23. The summed E-state index contributed by atoms with van der Waals surface area (Å²) in [4.78, 5) is 0. The largest absolute Gasteiger partial charge is 0.573 e. The molecule has 74 valence electrons. The number of halogens is 3. The molecule has 0 aliphatic heterocycles. The van der Waals surface area contributed by atoms with Crippen LogP contribution in [-0.4, -0.2) is 6.36 Å². The second-order valence-electron chi connectivity index (χ2n) is 2.84. The van der Waals surface area contributed by atoms with Crippen LogP contribution in [0.25, 0.3) is 0 Å². The van der Waals surface area contributed by atoms with E-state index in [-0.39, 0.29) is 5.76 Å². The number of ether oxygens (including phenoxy) is 1. The van der Waals surface area contributed by atoms with Gasteiger partial charge in [0, 0.05) is 0 Å². The molecule has 0 heterocycles. The van der Waals surface area contributed by atoms with Gasteiger partial charge in [0.15, 0.2) is 0 Å². The molecule has 0 atom stereocenters. The maximum atomic E-state index is 11.8. The topological polar surface area (TPSA) is 9.23 Å². The molecule has 4 heteroatoms. The Morgan fingerprint density at radius 3 is 2.54 bits per heavy atom. The molecule has 1 aliphatic rings.